The molecule has 0 N–H and O–H groups in total. The molecule has 5 rings (SSSR count). The van der Waals surface area contributed by atoms with E-state index in [1.165, 1.54) is 6.33 Å². The number of para-hydroxylation sites is 1. The highest BCUT2D eigenvalue weighted by Gasteiger charge is 2.33. The molecule has 32 heavy (non-hydrogen) atoms. The number of carbonyl (C=O) groups is 1. The number of likely N-dealkylation sites (tertiary alicyclic amines) is 1. The second kappa shape index (κ2) is 8.96. The molecule has 1 aliphatic heterocycles. The summed E-state index contributed by atoms with van der Waals surface area (Å²) >= 11 is 5.95. The van der Waals surface area contributed by atoms with Gasteiger partial charge in [-0.2, -0.15) is 0 Å². The van der Waals surface area contributed by atoms with Gasteiger partial charge in [-0.15, -0.1) is 0 Å². The van der Waals surface area contributed by atoms with E-state index in [0.717, 1.165) is 35.1 Å². The molecular formula is C24H21ClN4O3. The highest BCUT2D eigenvalue weighted by atomic mass is 35.5. The molecule has 2 aromatic carbocycles. The largest absolute Gasteiger partial charge is 0.467 e. The standard InChI is InChI=1S/C24H21ClN4O3/c25-17-9-7-16(8-10-17)12-18-13-26-24(32-18)21-6-3-11-29(21)22(30)14-31-23-19-4-1-2-5-20(19)27-15-28-23/h1-2,4-5,7-10,13,15,21H,3,6,11-12,14H2/t21-/m0/s1. The van der Waals surface area contributed by atoms with Crippen LogP contribution in [-0.2, 0) is 11.2 Å². The number of rotatable bonds is 6. The van der Waals surface area contributed by atoms with Crippen LogP contribution in [-0.4, -0.2) is 38.9 Å². The van der Waals surface area contributed by atoms with Crippen molar-refractivity contribution in [2.75, 3.05) is 13.2 Å². The van der Waals surface area contributed by atoms with Crippen molar-refractivity contribution in [1.82, 2.24) is 19.9 Å². The second-order valence-corrected chi connectivity index (χ2v) is 8.13. The van der Waals surface area contributed by atoms with Crippen molar-refractivity contribution in [1.29, 1.82) is 0 Å². The number of ether oxygens (including phenoxy) is 1. The minimum Gasteiger partial charge on any atom is -0.467 e. The Kier molecular flexibility index (Phi) is 5.73. The number of amides is 1. The van der Waals surface area contributed by atoms with Crippen LogP contribution in [0.25, 0.3) is 10.9 Å². The van der Waals surface area contributed by atoms with Gasteiger partial charge in [-0.3, -0.25) is 4.79 Å². The van der Waals surface area contributed by atoms with E-state index in [1.54, 1.807) is 11.1 Å². The molecule has 1 aliphatic rings. The number of benzene rings is 2. The van der Waals surface area contributed by atoms with Gasteiger partial charge in [-0.25, -0.2) is 15.0 Å². The average Bonchev–Trinajstić information content (AvgIpc) is 3.48. The lowest BCUT2D eigenvalue weighted by atomic mass is 10.1. The van der Waals surface area contributed by atoms with Gasteiger partial charge in [0.2, 0.25) is 11.8 Å². The topological polar surface area (TPSA) is 81.4 Å². The Balaban J connectivity index is 1.25. The van der Waals surface area contributed by atoms with Gasteiger partial charge in [0.05, 0.1) is 17.1 Å². The van der Waals surface area contributed by atoms with Crippen LogP contribution < -0.4 is 4.74 Å². The Morgan fingerprint density at radius 3 is 2.84 bits per heavy atom. The smallest absolute Gasteiger partial charge is 0.261 e. The molecule has 1 amide bonds. The van der Waals surface area contributed by atoms with Crippen molar-refractivity contribution >= 4 is 28.4 Å². The molecule has 0 bridgehead atoms. The summed E-state index contributed by atoms with van der Waals surface area (Å²) in [6, 6.07) is 15.0. The molecule has 7 nitrogen and oxygen atoms in total. The molecule has 3 heterocycles. The number of fused-ring (bicyclic) bond motifs is 1. The maximum Gasteiger partial charge on any atom is 0.261 e. The molecule has 1 atom stereocenters. The van der Waals surface area contributed by atoms with Gasteiger partial charge in [-0.1, -0.05) is 35.9 Å². The fraction of sp³-hybridized carbons (Fsp3) is 0.250. The number of aromatic nitrogens is 3. The average molecular weight is 449 g/mol. The highest BCUT2D eigenvalue weighted by Crippen LogP contribution is 2.32. The van der Waals surface area contributed by atoms with E-state index in [2.05, 4.69) is 15.0 Å². The van der Waals surface area contributed by atoms with E-state index < -0.39 is 0 Å². The van der Waals surface area contributed by atoms with Crippen molar-refractivity contribution in [2.45, 2.75) is 25.3 Å². The Labute approximate surface area is 190 Å². The number of hydrogen-bond acceptors (Lipinski definition) is 6. The molecular weight excluding hydrogens is 428 g/mol. The molecule has 0 spiro atoms. The summed E-state index contributed by atoms with van der Waals surface area (Å²) in [6.45, 7) is 0.544. The van der Waals surface area contributed by atoms with E-state index in [9.17, 15) is 4.79 Å². The Morgan fingerprint density at radius 1 is 1.12 bits per heavy atom. The summed E-state index contributed by atoms with van der Waals surface area (Å²) in [5.74, 6) is 1.60. The zero-order valence-electron chi connectivity index (χ0n) is 17.3. The molecule has 1 saturated heterocycles. The molecule has 8 heteroatoms. The summed E-state index contributed by atoms with van der Waals surface area (Å²) in [5.41, 5.74) is 1.86. The number of hydrogen-bond donors (Lipinski definition) is 0. The molecule has 4 aromatic rings. The monoisotopic (exact) mass is 448 g/mol. The lowest BCUT2D eigenvalue weighted by Gasteiger charge is -2.22. The van der Waals surface area contributed by atoms with Crippen LogP contribution in [0.5, 0.6) is 5.88 Å². The van der Waals surface area contributed by atoms with Crippen LogP contribution in [0.3, 0.4) is 0 Å². The molecule has 0 saturated carbocycles. The van der Waals surface area contributed by atoms with Crippen LogP contribution in [0, 0.1) is 0 Å². The predicted octanol–water partition coefficient (Wildman–Crippen LogP) is 4.60. The van der Waals surface area contributed by atoms with Crippen molar-refractivity contribution in [3.8, 4) is 5.88 Å². The molecule has 162 valence electrons. The van der Waals surface area contributed by atoms with Gasteiger partial charge in [0.15, 0.2) is 6.61 Å². The Bertz CT molecular complexity index is 1240. The van der Waals surface area contributed by atoms with Gasteiger partial charge < -0.3 is 14.1 Å². The fourth-order valence-corrected chi connectivity index (χ4v) is 4.12. The van der Waals surface area contributed by atoms with Gasteiger partial charge in [0.1, 0.15) is 18.1 Å². The normalized spacial score (nSPS) is 15.9. The van der Waals surface area contributed by atoms with E-state index >= 15 is 0 Å². The lowest BCUT2D eigenvalue weighted by molar-refractivity contribution is -0.134. The SMILES string of the molecule is O=C(COc1ncnc2ccccc12)N1CCC[C@H]1c1ncc(Cc2ccc(Cl)cc2)o1. The molecule has 0 radical (unpaired) electrons. The fourth-order valence-electron chi connectivity index (χ4n) is 3.99. The quantitative estimate of drug-likeness (QED) is 0.428. The highest BCUT2D eigenvalue weighted by molar-refractivity contribution is 6.30. The third-order valence-corrected chi connectivity index (χ3v) is 5.81. The predicted molar refractivity (Wildman–Crippen MR) is 119 cm³/mol. The maximum atomic E-state index is 12.9. The van der Waals surface area contributed by atoms with Crippen LogP contribution in [0.4, 0.5) is 0 Å². The van der Waals surface area contributed by atoms with Gasteiger partial charge in [0, 0.05) is 18.0 Å². The number of oxazole rings is 1. The maximum absolute atomic E-state index is 12.9. The molecule has 0 unspecified atom stereocenters. The van der Waals surface area contributed by atoms with Gasteiger partial charge in [-0.05, 0) is 42.7 Å². The summed E-state index contributed by atoms with van der Waals surface area (Å²) in [4.78, 5) is 27.6. The van der Waals surface area contributed by atoms with Crippen molar-refractivity contribution in [3.63, 3.8) is 0 Å². The van der Waals surface area contributed by atoms with E-state index in [4.69, 9.17) is 20.8 Å². The Morgan fingerprint density at radius 2 is 1.97 bits per heavy atom. The third kappa shape index (κ3) is 4.29. The lowest BCUT2D eigenvalue weighted by Crippen LogP contribution is -2.34. The first-order valence-corrected chi connectivity index (χ1v) is 10.9. The van der Waals surface area contributed by atoms with Crippen LogP contribution in [0.15, 0.2) is 65.5 Å². The summed E-state index contributed by atoms with van der Waals surface area (Å²) in [5, 5.41) is 1.48. The van der Waals surface area contributed by atoms with E-state index in [-0.39, 0.29) is 18.6 Å². The molecule has 2 aromatic heterocycles. The van der Waals surface area contributed by atoms with Gasteiger partial charge >= 0.3 is 0 Å². The summed E-state index contributed by atoms with van der Waals surface area (Å²) in [6.07, 6.45) is 5.49. The number of nitrogens with zero attached hydrogens (tertiary/aromatic N) is 4. The van der Waals surface area contributed by atoms with Crippen LogP contribution in [0.1, 0.15) is 36.1 Å². The van der Waals surface area contributed by atoms with Crippen molar-refractivity contribution in [3.05, 3.63) is 83.3 Å². The summed E-state index contributed by atoms with van der Waals surface area (Å²) in [7, 11) is 0. The minimum atomic E-state index is -0.188. The first-order valence-electron chi connectivity index (χ1n) is 10.5. The van der Waals surface area contributed by atoms with Crippen LogP contribution >= 0.6 is 11.6 Å². The zero-order valence-corrected chi connectivity index (χ0v) is 18.0. The first kappa shape index (κ1) is 20.5. The van der Waals surface area contributed by atoms with E-state index in [1.807, 2.05) is 48.5 Å². The summed E-state index contributed by atoms with van der Waals surface area (Å²) < 4.78 is 11.8. The van der Waals surface area contributed by atoms with Gasteiger partial charge in [0.25, 0.3) is 5.91 Å². The number of carbonyl (C=O) groups excluding carboxylic acids is 1. The second-order valence-electron chi connectivity index (χ2n) is 7.70. The van der Waals surface area contributed by atoms with Crippen molar-refractivity contribution < 1.29 is 13.9 Å². The minimum absolute atomic E-state index is 0.101. The first-order chi connectivity index (χ1) is 15.7. The zero-order chi connectivity index (χ0) is 21.9. The van der Waals surface area contributed by atoms with Crippen LogP contribution in [0.2, 0.25) is 5.02 Å². The van der Waals surface area contributed by atoms with Crippen molar-refractivity contribution in [2.24, 2.45) is 0 Å². The molecule has 1 fully saturated rings. The Hall–Kier alpha value is -3.45. The van der Waals surface area contributed by atoms with E-state index in [0.29, 0.717) is 29.8 Å². The third-order valence-electron chi connectivity index (χ3n) is 5.56. The number of halogens is 1. The molecule has 0 aliphatic carbocycles.